The summed E-state index contributed by atoms with van der Waals surface area (Å²) >= 11 is 0. The van der Waals surface area contributed by atoms with Crippen LogP contribution in [0.2, 0.25) is 0 Å². The highest BCUT2D eigenvalue weighted by molar-refractivity contribution is 6.04. The molecule has 122 valence electrons. The van der Waals surface area contributed by atoms with Crippen molar-refractivity contribution in [2.24, 2.45) is 5.73 Å². The lowest BCUT2D eigenvalue weighted by Crippen LogP contribution is -2.28. The highest BCUT2D eigenvalue weighted by Crippen LogP contribution is 2.25. The molecule has 1 aliphatic rings. The zero-order valence-corrected chi connectivity index (χ0v) is 13.4. The van der Waals surface area contributed by atoms with Crippen LogP contribution in [0, 0.1) is 0 Å². The number of nitrogens with zero attached hydrogens (tertiary/aromatic N) is 2. The Kier molecular flexibility index (Phi) is 3.78. The Morgan fingerprint density at radius 2 is 2.04 bits per heavy atom. The first-order chi connectivity index (χ1) is 11.7. The molecule has 2 heterocycles. The number of nitrogens with two attached hydrogens (primary N) is 1. The molecule has 1 saturated heterocycles. The molecule has 0 bridgehead atoms. The average Bonchev–Trinajstić information content (AvgIpc) is 3.06. The first-order valence-corrected chi connectivity index (χ1v) is 8.31. The summed E-state index contributed by atoms with van der Waals surface area (Å²) in [6.45, 7) is 2.17. The average molecular weight is 322 g/mol. The molecule has 1 fully saturated rings. The molecule has 1 amide bonds. The van der Waals surface area contributed by atoms with Crippen LogP contribution in [0.25, 0.3) is 16.6 Å². The van der Waals surface area contributed by atoms with Crippen molar-refractivity contribution >= 4 is 16.8 Å². The predicted molar refractivity (Wildman–Crippen MR) is 94.4 cm³/mol. The molecule has 0 aliphatic carbocycles. The van der Waals surface area contributed by atoms with Gasteiger partial charge in [0.15, 0.2) is 0 Å². The molecule has 2 aromatic carbocycles. The second-order valence-corrected chi connectivity index (χ2v) is 6.32. The number of primary amides is 1. The van der Waals surface area contributed by atoms with Crippen LogP contribution in [0.15, 0.2) is 48.7 Å². The van der Waals surface area contributed by atoms with Crippen LogP contribution in [-0.2, 0) is 0 Å². The summed E-state index contributed by atoms with van der Waals surface area (Å²) in [5.74, 6) is 0.136. The lowest BCUT2D eigenvalue weighted by molar-refractivity contribution is 0.100. The highest BCUT2D eigenvalue weighted by Gasteiger charge is 2.15. The molecule has 4 rings (SSSR count). The van der Waals surface area contributed by atoms with Crippen LogP contribution >= 0.6 is 0 Å². The second kappa shape index (κ2) is 6.09. The van der Waals surface area contributed by atoms with Gasteiger partial charge in [0.2, 0.25) is 0 Å². The third-order valence-electron chi connectivity index (χ3n) is 4.73. The summed E-state index contributed by atoms with van der Waals surface area (Å²) in [7, 11) is 0. The van der Waals surface area contributed by atoms with Gasteiger partial charge in [-0.25, -0.2) is 4.68 Å². The van der Waals surface area contributed by atoms with Gasteiger partial charge in [-0.3, -0.25) is 4.79 Å². The number of fused-ring (bicyclic) bond motifs is 1. The van der Waals surface area contributed by atoms with Gasteiger partial charge >= 0.3 is 0 Å². The third kappa shape index (κ3) is 2.67. The van der Waals surface area contributed by atoms with Gasteiger partial charge in [0, 0.05) is 18.1 Å². The number of amides is 1. The van der Waals surface area contributed by atoms with Crippen LogP contribution in [0.1, 0.15) is 34.7 Å². The summed E-state index contributed by atoms with van der Waals surface area (Å²) in [5.41, 5.74) is 8.88. The summed E-state index contributed by atoms with van der Waals surface area (Å²) in [4.78, 5) is 11.5. The molecule has 1 aliphatic heterocycles. The summed E-state index contributed by atoms with van der Waals surface area (Å²) < 4.78 is 1.81. The molecule has 0 radical (unpaired) electrons. The largest absolute Gasteiger partial charge is 0.366 e. The Balaban J connectivity index is 1.67. The predicted octanol–water partition coefficient (Wildman–Crippen LogP) is 2.59. The van der Waals surface area contributed by atoms with Crippen LogP contribution in [0.4, 0.5) is 0 Å². The van der Waals surface area contributed by atoms with Crippen molar-refractivity contribution < 1.29 is 4.79 Å². The molecule has 3 N–H and O–H groups in total. The molecule has 24 heavy (non-hydrogen) atoms. The minimum atomic E-state index is -0.453. The van der Waals surface area contributed by atoms with E-state index < -0.39 is 5.91 Å². The fourth-order valence-corrected chi connectivity index (χ4v) is 3.41. The Hall–Kier alpha value is -2.66. The molecule has 3 aromatic rings. The summed E-state index contributed by atoms with van der Waals surface area (Å²) in [6.07, 6.45) is 4.39. The van der Waals surface area contributed by atoms with E-state index >= 15 is 0 Å². The van der Waals surface area contributed by atoms with Gasteiger partial charge in [0.1, 0.15) is 5.52 Å². The third-order valence-corrected chi connectivity index (χ3v) is 4.73. The van der Waals surface area contributed by atoms with Crippen molar-refractivity contribution in [3.63, 3.8) is 0 Å². The van der Waals surface area contributed by atoms with Crippen molar-refractivity contribution in [3.8, 4) is 5.69 Å². The van der Waals surface area contributed by atoms with Crippen LogP contribution in [0.5, 0.6) is 0 Å². The van der Waals surface area contributed by atoms with E-state index in [0.717, 1.165) is 24.2 Å². The molecular formula is C19H20N4O. The number of carbonyl (C=O) groups excluding carboxylic acids is 1. The lowest BCUT2D eigenvalue weighted by Gasteiger charge is -2.23. The first kappa shape index (κ1) is 14.9. The van der Waals surface area contributed by atoms with Crippen molar-refractivity contribution in [1.29, 1.82) is 0 Å². The first-order valence-electron chi connectivity index (χ1n) is 8.31. The molecule has 0 saturated carbocycles. The minimum Gasteiger partial charge on any atom is -0.366 e. The van der Waals surface area contributed by atoms with Crippen molar-refractivity contribution in [1.82, 2.24) is 15.1 Å². The number of aromatic nitrogens is 2. The zero-order valence-electron chi connectivity index (χ0n) is 13.4. The van der Waals surface area contributed by atoms with Gasteiger partial charge < -0.3 is 11.1 Å². The summed E-state index contributed by atoms with van der Waals surface area (Å²) in [6, 6.07) is 14.0. The van der Waals surface area contributed by atoms with Crippen LogP contribution in [0.3, 0.4) is 0 Å². The Morgan fingerprint density at radius 1 is 1.21 bits per heavy atom. The molecule has 5 heteroatoms. The van der Waals surface area contributed by atoms with Crippen molar-refractivity contribution in [2.75, 3.05) is 13.1 Å². The van der Waals surface area contributed by atoms with Crippen LogP contribution < -0.4 is 11.1 Å². The maximum Gasteiger partial charge on any atom is 0.250 e. The highest BCUT2D eigenvalue weighted by atomic mass is 18.1. The Bertz CT molecular complexity index is 876. The molecule has 1 aromatic heterocycles. The number of hydrogen-bond donors (Lipinski definition) is 2. The molecule has 0 unspecified atom stereocenters. The summed E-state index contributed by atoms with van der Waals surface area (Å²) in [5, 5.41) is 8.91. The normalized spacial score (nSPS) is 17.9. The SMILES string of the molecule is NC(=[18O])c1cccc2cn(-c3ccc([C@@H]4CCCNC4)cc3)nc12. The van der Waals surface area contributed by atoms with E-state index in [-0.39, 0.29) is 0 Å². The zero-order chi connectivity index (χ0) is 16.5. The topological polar surface area (TPSA) is 72.9 Å². The van der Waals surface area contributed by atoms with Gasteiger partial charge in [-0.2, -0.15) is 5.10 Å². The molecule has 5 nitrogen and oxygen atoms in total. The van der Waals surface area contributed by atoms with Gasteiger partial charge in [-0.1, -0.05) is 24.3 Å². The monoisotopic (exact) mass is 322 g/mol. The van der Waals surface area contributed by atoms with Gasteiger partial charge in [-0.05, 0) is 49.1 Å². The van der Waals surface area contributed by atoms with E-state index in [2.05, 4.69) is 34.7 Å². The number of nitrogens with one attached hydrogen (secondary N) is 1. The smallest absolute Gasteiger partial charge is 0.250 e. The number of benzene rings is 2. The van der Waals surface area contributed by atoms with E-state index in [1.54, 1.807) is 10.7 Å². The van der Waals surface area contributed by atoms with E-state index in [0.29, 0.717) is 17.0 Å². The fourth-order valence-electron chi connectivity index (χ4n) is 3.41. The fraction of sp³-hybridized carbons (Fsp3) is 0.263. The van der Waals surface area contributed by atoms with Crippen molar-refractivity contribution in [2.45, 2.75) is 18.8 Å². The standard InChI is InChI=1S/C19H20N4O/c20-19(24)17-5-1-3-15-12-23(22-18(15)17)16-8-6-13(7-9-16)14-4-2-10-21-11-14/h1,3,5-9,12,14,21H,2,4,10-11H2,(H2,20,24)/t14-/m1/s1/i24+2. The van der Waals surface area contributed by atoms with Crippen LogP contribution in [-0.4, -0.2) is 28.8 Å². The van der Waals surface area contributed by atoms with Gasteiger partial charge in [-0.15, -0.1) is 0 Å². The second-order valence-electron chi connectivity index (χ2n) is 6.32. The maximum absolute atomic E-state index is 11.5. The van der Waals surface area contributed by atoms with Crippen molar-refractivity contribution in [3.05, 3.63) is 59.8 Å². The van der Waals surface area contributed by atoms with E-state index in [1.807, 2.05) is 18.3 Å². The van der Waals surface area contributed by atoms with E-state index in [1.165, 1.54) is 18.4 Å². The minimum absolute atomic E-state index is 0.453. The molecular weight excluding hydrogens is 302 g/mol. The van der Waals surface area contributed by atoms with E-state index in [4.69, 9.17) is 5.73 Å². The number of hydrogen-bond acceptors (Lipinski definition) is 3. The quantitative estimate of drug-likeness (QED) is 0.728. The number of piperidine rings is 1. The molecule has 0 spiro atoms. The maximum atomic E-state index is 11.5. The van der Waals surface area contributed by atoms with E-state index in [9.17, 15) is 4.79 Å². The number of carbonyl (C=O) groups is 1. The Labute approximate surface area is 140 Å². The van der Waals surface area contributed by atoms with Gasteiger partial charge in [0.05, 0.1) is 11.3 Å². The lowest BCUT2D eigenvalue weighted by atomic mass is 9.92. The molecule has 1 atom stereocenters. The Morgan fingerprint density at radius 3 is 2.75 bits per heavy atom. The number of rotatable bonds is 3. The van der Waals surface area contributed by atoms with Gasteiger partial charge in [0.25, 0.3) is 5.91 Å².